The van der Waals surface area contributed by atoms with E-state index >= 15 is 0 Å². The van der Waals surface area contributed by atoms with Crippen molar-refractivity contribution in [2.75, 3.05) is 13.2 Å². The predicted octanol–water partition coefficient (Wildman–Crippen LogP) is 2.83. The van der Waals surface area contributed by atoms with E-state index < -0.39 is 24.4 Å². The number of carbonyl (C=O) groups excluding carboxylic acids is 1. The normalized spacial score (nSPS) is 11.5. The summed E-state index contributed by atoms with van der Waals surface area (Å²) in [5.74, 6) is 0. The molecule has 0 fully saturated rings. The number of hydrogen-bond acceptors (Lipinski definition) is 3. The Morgan fingerprint density at radius 3 is 2.50 bits per heavy atom. The minimum Gasteiger partial charge on any atom is -0.395 e. The van der Waals surface area contributed by atoms with Gasteiger partial charge >= 0.3 is 12.2 Å². The summed E-state index contributed by atoms with van der Waals surface area (Å²) in [6, 6.07) is 2.31. The van der Waals surface area contributed by atoms with Crippen molar-refractivity contribution < 1.29 is 27.5 Å². The maximum absolute atomic E-state index is 12.9. The Balaban J connectivity index is 2.30. The van der Waals surface area contributed by atoms with Crippen LogP contribution in [0.25, 0.3) is 0 Å². The molecule has 1 aromatic carbocycles. The summed E-state index contributed by atoms with van der Waals surface area (Å²) in [5.41, 5.74) is -0.982. The van der Waals surface area contributed by atoms with Crippen LogP contribution in [0.3, 0.4) is 0 Å². The highest BCUT2D eigenvalue weighted by atomic mass is 19.4. The number of benzene rings is 1. The standard InChI is InChI=1S/C15H15F4N3O2/c16-8-11-5-12(7-13(6-11)15(17,18)19)9-21(3-4-23)14(24)22-2-1-20-10-22/h1-2,5-7,10,23H,3-4,8-9H2. The lowest BCUT2D eigenvalue weighted by molar-refractivity contribution is -0.137. The van der Waals surface area contributed by atoms with Gasteiger partial charge in [0.1, 0.15) is 13.0 Å². The summed E-state index contributed by atoms with van der Waals surface area (Å²) in [6.07, 6.45) is -0.617. The summed E-state index contributed by atoms with van der Waals surface area (Å²) in [5, 5.41) is 9.09. The fraction of sp³-hybridized carbons (Fsp3) is 0.333. The molecule has 0 bridgehead atoms. The van der Waals surface area contributed by atoms with Crippen molar-refractivity contribution in [3.63, 3.8) is 0 Å². The van der Waals surface area contributed by atoms with Gasteiger partial charge in [0, 0.05) is 25.5 Å². The average Bonchev–Trinajstić information content (AvgIpc) is 3.07. The fourth-order valence-electron chi connectivity index (χ4n) is 2.21. The van der Waals surface area contributed by atoms with E-state index in [4.69, 9.17) is 5.11 Å². The fourth-order valence-corrected chi connectivity index (χ4v) is 2.21. The van der Waals surface area contributed by atoms with Gasteiger partial charge in [-0.05, 0) is 23.3 Å². The van der Waals surface area contributed by atoms with E-state index in [9.17, 15) is 22.4 Å². The summed E-state index contributed by atoms with van der Waals surface area (Å²) in [7, 11) is 0. The molecule has 0 saturated carbocycles. The zero-order valence-electron chi connectivity index (χ0n) is 12.5. The quantitative estimate of drug-likeness (QED) is 0.848. The van der Waals surface area contributed by atoms with Crippen LogP contribution in [0.5, 0.6) is 0 Å². The minimum absolute atomic E-state index is 0.0851. The van der Waals surface area contributed by atoms with Gasteiger partial charge in [-0.15, -0.1) is 0 Å². The highest BCUT2D eigenvalue weighted by Crippen LogP contribution is 2.31. The average molecular weight is 345 g/mol. The zero-order valence-corrected chi connectivity index (χ0v) is 12.5. The molecule has 0 aliphatic carbocycles. The number of imidazole rings is 1. The van der Waals surface area contributed by atoms with Crippen molar-refractivity contribution in [2.45, 2.75) is 19.4 Å². The van der Waals surface area contributed by atoms with Crippen molar-refractivity contribution in [1.29, 1.82) is 0 Å². The van der Waals surface area contributed by atoms with Gasteiger partial charge in [0.2, 0.25) is 0 Å². The molecular weight excluding hydrogens is 330 g/mol. The molecule has 0 atom stereocenters. The van der Waals surface area contributed by atoms with Crippen LogP contribution in [0.1, 0.15) is 16.7 Å². The van der Waals surface area contributed by atoms with Crippen molar-refractivity contribution >= 4 is 6.03 Å². The first kappa shape index (κ1) is 17.9. The molecule has 0 aliphatic rings. The number of aromatic nitrogens is 2. The molecule has 9 heteroatoms. The van der Waals surface area contributed by atoms with Crippen LogP contribution in [0.2, 0.25) is 0 Å². The first-order chi connectivity index (χ1) is 11.3. The number of carbonyl (C=O) groups is 1. The number of aliphatic hydroxyl groups excluding tert-OH is 1. The molecular formula is C15H15F4N3O2. The van der Waals surface area contributed by atoms with E-state index in [2.05, 4.69) is 4.98 Å². The number of alkyl halides is 4. The summed E-state index contributed by atoms with van der Waals surface area (Å²) >= 11 is 0. The number of amides is 1. The second-order valence-corrected chi connectivity index (χ2v) is 5.07. The van der Waals surface area contributed by atoms with Crippen molar-refractivity contribution in [1.82, 2.24) is 14.5 Å². The van der Waals surface area contributed by atoms with Crippen molar-refractivity contribution in [3.05, 3.63) is 53.6 Å². The van der Waals surface area contributed by atoms with Crippen LogP contribution in [0, 0.1) is 0 Å². The zero-order chi connectivity index (χ0) is 17.7. The lowest BCUT2D eigenvalue weighted by Crippen LogP contribution is -2.36. The van der Waals surface area contributed by atoms with Gasteiger partial charge < -0.3 is 10.0 Å². The number of halogens is 4. The van der Waals surface area contributed by atoms with E-state index in [-0.39, 0.29) is 30.8 Å². The second kappa shape index (κ2) is 7.43. The minimum atomic E-state index is -4.61. The van der Waals surface area contributed by atoms with Crippen LogP contribution in [-0.4, -0.2) is 38.7 Å². The van der Waals surface area contributed by atoms with Crippen molar-refractivity contribution in [3.8, 4) is 0 Å². The van der Waals surface area contributed by atoms with Gasteiger partial charge in [-0.2, -0.15) is 13.2 Å². The molecule has 1 N–H and O–H groups in total. The van der Waals surface area contributed by atoms with Crippen LogP contribution >= 0.6 is 0 Å². The number of rotatable bonds is 5. The Morgan fingerprint density at radius 1 is 1.25 bits per heavy atom. The van der Waals surface area contributed by atoms with E-state index in [0.29, 0.717) is 0 Å². The maximum atomic E-state index is 12.9. The third-order valence-corrected chi connectivity index (χ3v) is 3.27. The molecule has 5 nitrogen and oxygen atoms in total. The number of hydrogen-bond donors (Lipinski definition) is 1. The van der Waals surface area contributed by atoms with E-state index in [0.717, 1.165) is 21.6 Å². The molecule has 1 aromatic heterocycles. The van der Waals surface area contributed by atoms with Gasteiger partial charge in [-0.3, -0.25) is 4.57 Å². The first-order valence-corrected chi connectivity index (χ1v) is 6.99. The summed E-state index contributed by atoms with van der Waals surface area (Å²) in [4.78, 5) is 17.2. The van der Waals surface area contributed by atoms with Gasteiger partial charge in [0.25, 0.3) is 0 Å². The van der Waals surface area contributed by atoms with E-state index in [1.165, 1.54) is 24.8 Å². The predicted molar refractivity (Wildman–Crippen MR) is 76.8 cm³/mol. The van der Waals surface area contributed by atoms with Crippen LogP contribution in [0.15, 0.2) is 36.9 Å². The maximum Gasteiger partial charge on any atom is 0.416 e. The van der Waals surface area contributed by atoms with Gasteiger partial charge in [-0.25, -0.2) is 14.2 Å². The largest absolute Gasteiger partial charge is 0.416 e. The molecule has 2 rings (SSSR count). The van der Waals surface area contributed by atoms with Crippen molar-refractivity contribution in [2.24, 2.45) is 0 Å². The van der Waals surface area contributed by atoms with E-state index in [1.54, 1.807) is 0 Å². The lowest BCUT2D eigenvalue weighted by atomic mass is 10.1. The molecule has 0 saturated heterocycles. The Labute approximate surface area is 135 Å². The Hall–Kier alpha value is -2.42. The molecule has 24 heavy (non-hydrogen) atoms. The molecule has 0 aliphatic heterocycles. The Morgan fingerprint density at radius 2 is 1.96 bits per heavy atom. The topological polar surface area (TPSA) is 58.4 Å². The highest BCUT2D eigenvalue weighted by molar-refractivity contribution is 5.76. The van der Waals surface area contributed by atoms with Crippen LogP contribution in [-0.2, 0) is 19.4 Å². The van der Waals surface area contributed by atoms with Crippen LogP contribution < -0.4 is 0 Å². The van der Waals surface area contributed by atoms with Gasteiger partial charge in [0.05, 0.1) is 12.2 Å². The Kier molecular flexibility index (Phi) is 5.55. The molecule has 0 unspecified atom stereocenters. The molecule has 0 radical (unpaired) electrons. The number of aliphatic hydroxyl groups is 1. The molecule has 2 aromatic rings. The Bertz CT molecular complexity index is 687. The molecule has 1 amide bonds. The van der Waals surface area contributed by atoms with E-state index in [1.807, 2.05) is 0 Å². The molecule has 0 spiro atoms. The molecule has 130 valence electrons. The molecule has 1 heterocycles. The highest BCUT2D eigenvalue weighted by Gasteiger charge is 2.31. The van der Waals surface area contributed by atoms with Gasteiger partial charge in [0.15, 0.2) is 0 Å². The monoisotopic (exact) mass is 345 g/mol. The first-order valence-electron chi connectivity index (χ1n) is 6.99. The SMILES string of the molecule is O=C(N(CCO)Cc1cc(CF)cc(C(F)(F)F)c1)n1ccnc1. The summed E-state index contributed by atoms with van der Waals surface area (Å²) in [6.45, 7) is -1.70. The third-order valence-electron chi connectivity index (χ3n) is 3.27. The third kappa shape index (κ3) is 4.31. The second-order valence-electron chi connectivity index (χ2n) is 5.07. The lowest BCUT2D eigenvalue weighted by Gasteiger charge is -2.22. The summed E-state index contributed by atoms with van der Waals surface area (Å²) < 4.78 is 52.7. The number of nitrogens with zero attached hydrogens (tertiary/aromatic N) is 3. The van der Waals surface area contributed by atoms with Gasteiger partial charge in [-0.1, -0.05) is 6.07 Å². The smallest absolute Gasteiger partial charge is 0.395 e. The van der Waals surface area contributed by atoms with Crippen LogP contribution in [0.4, 0.5) is 22.4 Å².